The quantitative estimate of drug-likeness (QED) is 0.672. The predicted octanol–water partition coefficient (Wildman–Crippen LogP) is 2.76. The third kappa shape index (κ3) is 3.28. The standard InChI is InChI=1S/C11H22O2/c1-4-5-6-10-9-11(2,12-3)7-8-13-10/h10H,4-9H2,1-3H3. The van der Waals surface area contributed by atoms with Crippen LogP contribution in [-0.4, -0.2) is 25.4 Å². The summed E-state index contributed by atoms with van der Waals surface area (Å²) in [5.41, 5.74) is 0.0661. The lowest BCUT2D eigenvalue weighted by atomic mass is 9.90. The molecule has 0 aromatic rings. The second kappa shape index (κ2) is 4.97. The Labute approximate surface area is 81.6 Å². The third-order valence-corrected chi connectivity index (χ3v) is 3.02. The SMILES string of the molecule is CCCCC1CC(C)(OC)CCO1. The van der Waals surface area contributed by atoms with Gasteiger partial charge >= 0.3 is 0 Å². The minimum Gasteiger partial charge on any atom is -0.378 e. The second-order valence-electron chi connectivity index (χ2n) is 4.24. The molecule has 2 unspecified atom stereocenters. The summed E-state index contributed by atoms with van der Waals surface area (Å²) >= 11 is 0. The molecule has 0 aromatic heterocycles. The van der Waals surface area contributed by atoms with Crippen LogP contribution in [0.3, 0.4) is 0 Å². The van der Waals surface area contributed by atoms with E-state index in [0.29, 0.717) is 6.10 Å². The van der Waals surface area contributed by atoms with Crippen LogP contribution in [-0.2, 0) is 9.47 Å². The van der Waals surface area contributed by atoms with E-state index >= 15 is 0 Å². The van der Waals surface area contributed by atoms with Gasteiger partial charge in [-0.1, -0.05) is 19.8 Å². The highest BCUT2D eigenvalue weighted by Gasteiger charge is 2.32. The minimum atomic E-state index is 0.0661. The maximum Gasteiger partial charge on any atom is 0.0697 e. The molecule has 0 spiro atoms. The largest absolute Gasteiger partial charge is 0.378 e. The van der Waals surface area contributed by atoms with Gasteiger partial charge < -0.3 is 9.47 Å². The first-order chi connectivity index (χ1) is 6.20. The molecule has 1 aliphatic heterocycles. The Hall–Kier alpha value is -0.0800. The molecule has 1 saturated heterocycles. The van der Waals surface area contributed by atoms with Crippen molar-refractivity contribution in [1.82, 2.24) is 0 Å². The number of methoxy groups -OCH3 is 1. The third-order valence-electron chi connectivity index (χ3n) is 3.02. The Balaban J connectivity index is 2.33. The molecule has 0 radical (unpaired) electrons. The van der Waals surface area contributed by atoms with Crippen molar-refractivity contribution in [3.05, 3.63) is 0 Å². The molecule has 0 aliphatic carbocycles. The summed E-state index contributed by atoms with van der Waals surface area (Å²) in [7, 11) is 1.81. The Morgan fingerprint density at radius 2 is 2.31 bits per heavy atom. The van der Waals surface area contributed by atoms with E-state index < -0.39 is 0 Å². The van der Waals surface area contributed by atoms with Crippen LogP contribution >= 0.6 is 0 Å². The fraction of sp³-hybridized carbons (Fsp3) is 1.00. The Kier molecular flexibility index (Phi) is 4.20. The van der Waals surface area contributed by atoms with Crippen LogP contribution in [0.15, 0.2) is 0 Å². The number of ether oxygens (including phenoxy) is 2. The van der Waals surface area contributed by atoms with Gasteiger partial charge in [0.05, 0.1) is 11.7 Å². The van der Waals surface area contributed by atoms with Crippen LogP contribution in [0.4, 0.5) is 0 Å². The van der Waals surface area contributed by atoms with Crippen molar-refractivity contribution in [2.24, 2.45) is 0 Å². The van der Waals surface area contributed by atoms with Crippen molar-refractivity contribution in [3.8, 4) is 0 Å². The predicted molar refractivity (Wildman–Crippen MR) is 53.9 cm³/mol. The molecule has 13 heavy (non-hydrogen) atoms. The molecule has 1 fully saturated rings. The van der Waals surface area contributed by atoms with Crippen molar-refractivity contribution < 1.29 is 9.47 Å². The molecule has 0 aromatic carbocycles. The van der Waals surface area contributed by atoms with E-state index in [1.165, 1.54) is 19.3 Å². The van der Waals surface area contributed by atoms with Gasteiger partial charge in [-0.2, -0.15) is 0 Å². The molecule has 78 valence electrons. The van der Waals surface area contributed by atoms with Crippen molar-refractivity contribution >= 4 is 0 Å². The van der Waals surface area contributed by atoms with Gasteiger partial charge in [0.25, 0.3) is 0 Å². The molecule has 1 rings (SSSR count). The zero-order chi connectivity index (χ0) is 9.73. The maximum absolute atomic E-state index is 5.70. The number of unbranched alkanes of at least 4 members (excludes halogenated alkanes) is 1. The lowest BCUT2D eigenvalue weighted by Gasteiger charge is -2.37. The summed E-state index contributed by atoms with van der Waals surface area (Å²) in [4.78, 5) is 0. The Bertz CT molecular complexity index is 147. The van der Waals surface area contributed by atoms with Crippen molar-refractivity contribution in [2.45, 2.75) is 57.7 Å². The number of hydrogen-bond donors (Lipinski definition) is 0. The van der Waals surface area contributed by atoms with Gasteiger partial charge in [0, 0.05) is 20.1 Å². The average Bonchev–Trinajstić information content (AvgIpc) is 2.15. The topological polar surface area (TPSA) is 18.5 Å². The molecular weight excluding hydrogens is 164 g/mol. The van der Waals surface area contributed by atoms with Crippen LogP contribution in [0.1, 0.15) is 46.0 Å². The van der Waals surface area contributed by atoms with E-state index in [9.17, 15) is 0 Å². The van der Waals surface area contributed by atoms with Gasteiger partial charge in [0.2, 0.25) is 0 Å². The van der Waals surface area contributed by atoms with E-state index in [-0.39, 0.29) is 5.60 Å². The van der Waals surface area contributed by atoms with Crippen molar-refractivity contribution in [3.63, 3.8) is 0 Å². The first kappa shape index (κ1) is 11.0. The van der Waals surface area contributed by atoms with Crippen LogP contribution < -0.4 is 0 Å². The highest BCUT2D eigenvalue weighted by atomic mass is 16.5. The maximum atomic E-state index is 5.70. The van der Waals surface area contributed by atoms with E-state index in [4.69, 9.17) is 9.47 Å². The Morgan fingerprint density at radius 3 is 2.92 bits per heavy atom. The summed E-state index contributed by atoms with van der Waals surface area (Å²) in [6.45, 7) is 5.27. The van der Waals surface area contributed by atoms with Crippen LogP contribution in [0, 0.1) is 0 Å². The molecule has 0 N–H and O–H groups in total. The lowest BCUT2D eigenvalue weighted by molar-refractivity contribution is -0.114. The van der Waals surface area contributed by atoms with E-state index in [1.54, 1.807) is 0 Å². The molecule has 1 aliphatic rings. The van der Waals surface area contributed by atoms with Gasteiger partial charge in [-0.15, -0.1) is 0 Å². The number of rotatable bonds is 4. The lowest BCUT2D eigenvalue weighted by Crippen LogP contribution is -2.39. The van der Waals surface area contributed by atoms with Crippen molar-refractivity contribution in [1.29, 1.82) is 0 Å². The summed E-state index contributed by atoms with van der Waals surface area (Å²) in [6.07, 6.45) is 6.23. The first-order valence-electron chi connectivity index (χ1n) is 5.37. The highest BCUT2D eigenvalue weighted by molar-refractivity contribution is 4.82. The minimum absolute atomic E-state index is 0.0661. The summed E-state index contributed by atoms with van der Waals surface area (Å²) in [6, 6.07) is 0. The monoisotopic (exact) mass is 186 g/mol. The zero-order valence-electron chi connectivity index (χ0n) is 9.14. The molecule has 2 atom stereocenters. The van der Waals surface area contributed by atoms with E-state index in [1.807, 2.05) is 7.11 Å². The van der Waals surface area contributed by atoms with Crippen molar-refractivity contribution in [2.75, 3.05) is 13.7 Å². The fourth-order valence-electron chi connectivity index (χ4n) is 1.89. The van der Waals surface area contributed by atoms with Gasteiger partial charge in [0.15, 0.2) is 0 Å². The first-order valence-corrected chi connectivity index (χ1v) is 5.37. The molecule has 1 heterocycles. The van der Waals surface area contributed by atoms with Crippen LogP contribution in [0.2, 0.25) is 0 Å². The highest BCUT2D eigenvalue weighted by Crippen LogP contribution is 2.29. The van der Waals surface area contributed by atoms with Gasteiger partial charge in [-0.25, -0.2) is 0 Å². The van der Waals surface area contributed by atoms with E-state index in [2.05, 4.69) is 13.8 Å². The summed E-state index contributed by atoms with van der Waals surface area (Å²) in [5, 5.41) is 0. The van der Waals surface area contributed by atoms with E-state index in [0.717, 1.165) is 19.4 Å². The normalized spacial score (nSPS) is 34.8. The molecule has 0 bridgehead atoms. The smallest absolute Gasteiger partial charge is 0.0697 e. The van der Waals surface area contributed by atoms with Crippen LogP contribution in [0.25, 0.3) is 0 Å². The molecule has 2 nitrogen and oxygen atoms in total. The summed E-state index contributed by atoms with van der Waals surface area (Å²) in [5.74, 6) is 0. The molecular formula is C11H22O2. The average molecular weight is 186 g/mol. The molecule has 0 saturated carbocycles. The second-order valence-corrected chi connectivity index (χ2v) is 4.24. The number of hydrogen-bond acceptors (Lipinski definition) is 2. The van der Waals surface area contributed by atoms with Crippen LogP contribution in [0.5, 0.6) is 0 Å². The molecule has 2 heteroatoms. The van der Waals surface area contributed by atoms with Gasteiger partial charge in [-0.05, 0) is 19.8 Å². The van der Waals surface area contributed by atoms with Gasteiger partial charge in [-0.3, -0.25) is 0 Å². The van der Waals surface area contributed by atoms with Gasteiger partial charge in [0.1, 0.15) is 0 Å². The zero-order valence-corrected chi connectivity index (χ0v) is 9.14. The Morgan fingerprint density at radius 1 is 1.54 bits per heavy atom. The summed E-state index contributed by atoms with van der Waals surface area (Å²) < 4.78 is 11.2. The fourth-order valence-corrected chi connectivity index (χ4v) is 1.89. The molecule has 0 amide bonds.